The number of hydrogen-bond acceptors (Lipinski definition) is 3. The van der Waals surface area contributed by atoms with E-state index >= 15 is 0 Å². The number of nitrogens with one attached hydrogen (secondary N) is 1. The molecule has 1 saturated heterocycles. The van der Waals surface area contributed by atoms with E-state index in [0.717, 1.165) is 35.1 Å². The van der Waals surface area contributed by atoms with Crippen molar-refractivity contribution in [3.63, 3.8) is 0 Å². The molecule has 1 aromatic heterocycles. The van der Waals surface area contributed by atoms with E-state index in [2.05, 4.69) is 28.2 Å². The molecule has 2 heterocycles. The minimum Gasteiger partial charge on any atom is -0.350 e. The van der Waals surface area contributed by atoms with Gasteiger partial charge in [-0.15, -0.1) is 0 Å². The molecule has 3 rings (SSSR count). The zero-order valence-corrected chi connectivity index (χ0v) is 15.3. The van der Waals surface area contributed by atoms with Crippen LogP contribution in [0.1, 0.15) is 41.3 Å². The molecule has 24 heavy (non-hydrogen) atoms. The molecule has 0 bridgehead atoms. The summed E-state index contributed by atoms with van der Waals surface area (Å²) in [7, 11) is 0. The van der Waals surface area contributed by atoms with Gasteiger partial charge >= 0.3 is 0 Å². The second-order valence-corrected chi connectivity index (χ2v) is 7.14. The lowest BCUT2D eigenvalue weighted by molar-refractivity contribution is 0.0940. The molecule has 0 spiro atoms. The molecule has 1 aromatic carbocycles. The predicted octanol–water partition coefficient (Wildman–Crippen LogP) is 3.72. The van der Waals surface area contributed by atoms with Crippen LogP contribution in [0.25, 0.3) is 10.9 Å². The Morgan fingerprint density at radius 1 is 1.29 bits per heavy atom. The summed E-state index contributed by atoms with van der Waals surface area (Å²) in [6.45, 7) is 9.06. The van der Waals surface area contributed by atoms with Gasteiger partial charge in [0.15, 0.2) is 0 Å². The van der Waals surface area contributed by atoms with Gasteiger partial charge in [-0.2, -0.15) is 0 Å². The van der Waals surface area contributed by atoms with Gasteiger partial charge in [0.1, 0.15) is 5.15 Å². The van der Waals surface area contributed by atoms with Crippen LogP contribution in [0.2, 0.25) is 5.15 Å². The Hall–Kier alpha value is -1.65. The van der Waals surface area contributed by atoms with E-state index in [-0.39, 0.29) is 11.1 Å². The number of amides is 1. The predicted molar refractivity (Wildman–Crippen MR) is 98.8 cm³/mol. The highest BCUT2D eigenvalue weighted by molar-refractivity contribution is 6.33. The van der Waals surface area contributed by atoms with Crippen molar-refractivity contribution in [2.24, 2.45) is 0 Å². The Kier molecular flexibility index (Phi) is 5.07. The number of nitrogens with zero attached hydrogens (tertiary/aromatic N) is 2. The fourth-order valence-corrected chi connectivity index (χ4v) is 3.66. The highest BCUT2D eigenvalue weighted by atomic mass is 35.5. The fourth-order valence-electron chi connectivity index (χ4n) is 3.44. The number of pyridine rings is 1. The first kappa shape index (κ1) is 17.2. The summed E-state index contributed by atoms with van der Waals surface area (Å²) < 4.78 is 0. The van der Waals surface area contributed by atoms with E-state index in [0.29, 0.717) is 18.2 Å². The number of hydrogen-bond donors (Lipinski definition) is 1. The first-order valence-corrected chi connectivity index (χ1v) is 8.93. The maximum atomic E-state index is 12.5. The zero-order valence-electron chi connectivity index (χ0n) is 14.5. The molecule has 1 amide bonds. The van der Waals surface area contributed by atoms with Crippen LogP contribution in [0.4, 0.5) is 0 Å². The van der Waals surface area contributed by atoms with Crippen molar-refractivity contribution in [2.75, 3.05) is 19.6 Å². The summed E-state index contributed by atoms with van der Waals surface area (Å²) in [6.07, 6.45) is 2.49. The number of rotatable bonds is 4. The van der Waals surface area contributed by atoms with Gasteiger partial charge in [0.05, 0.1) is 11.1 Å². The van der Waals surface area contributed by atoms with Crippen molar-refractivity contribution in [1.82, 2.24) is 15.2 Å². The van der Waals surface area contributed by atoms with E-state index < -0.39 is 0 Å². The quantitative estimate of drug-likeness (QED) is 0.859. The van der Waals surface area contributed by atoms with Gasteiger partial charge < -0.3 is 5.32 Å². The third-order valence-corrected chi connectivity index (χ3v) is 5.06. The number of likely N-dealkylation sites (tertiary alicyclic amines) is 1. The molecule has 1 unspecified atom stereocenters. The van der Waals surface area contributed by atoms with Gasteiger partial charge in [-0.05, 0) is 64.4 Å². The minimum atomic E-state index is -0.153. The van der Waals surface area contributed by atoms with Crippen molar-refractivity contribution in [1.29, 1.82) is 0 Å². The van der Waals surface area contributed by atoms with Crippen molar-refractivity contribution < 1.29 is 4.79 Å². The van der Waals surface area contributed by atoms with Crippen molar-refractivity contribution in [3.05, 3.63) is 40.0 Å². The van der Waals surface area contributed by atoms with Crippen molar-refractivity contribution in [3.8, 4) is 0 Å². The monoisotopic (exact) mass is 345 g/mol. The van der Waals surface area contributed by atoms with Crippen molar-refractivity contribution in [2.45, 2.75) is 39.7 Å². The van der Waals surface area contributed by atoms with Crippen LogP contribution in [0, 0.1) is 13.8 Å². The minimum absolute atomic E-state index is 0.153. The van der Waals surface area contributed by atoms with Crippen LogP contribution in [-0.4, -0.2) is 41.5 Å². The van der Waals surface area contributed by atoms with E-state index in [1.807, 2.05) is 26.0 Å². The largest absolute Gasteiger partial charge is 0.350 e. The first-order chi connectivity index (χ1) is 11.5. The molecule has 5 heteroatoms. The van der Waals surface area contributed by atoms with Gasteiger partial charge in [-0.3, -0.25) is 9.69 Å². The first-order valence-electron chi connectivity index (χ1n) is 8.55. The summed E-state index contributed by atoms with van der Waals surface area (Å²) in [5.74, 6) is -0.153. The molecule has 0 aliphatic carbocycles. The second kappa shape index (κ2) is 7.08. The maximum Gasteiger partial charge on any atom is 0.254 e. The van der Waals surface area contributed by atoms with Crippen LogP contribution >= 0.6 is 11.6 Å². The molecule has 1 atom stereocenters. The number of aryl methyl sites for hydroxylation is 2. The normalized spacial score (nSPS) is 16.5. The Labute approximate surface area is 148 Å². The van der Waals surface area contributed by atoms with Gasteiger partial charge in [-0.25, -0.2) is 4.98 Å². The van der Waals surface area contributed by atoms with Crippen molar-refractivity contribution >= 4 is 28.4 Å². The standard InChI is InChI=1S/C19H24ClN3O/c1-12-8-13(2)17-15(9-12)10-16(18(20)22-17)19(24)21-11-14(3)23-6-4-5-7-23/h8-10,14H,4-7,11H2,1-3H3,(H,21,24). The molecule has 1 fully saturated rings. The van der Waals surface area contributed by atoms with E-state index in [9.17, 15) is 4.79 Å². The smallest absolute Gasteiger partial charge is 0.254 e. The summed E-state index contributed by atoms with van der Waals surface area (Å²) >= 11 is 6.27. The summed E-state index contributed by atoms with van der Waals surface area (Å²) in [5.41, 5.74) is 3.52. The molecular weight excluding hydrogens is 322 g/mol. The average Bonchev–Trinajstić information content (AvgIpc) is 3.07. The molecule has 2 aromatic rings. The fraction of sp³-hybridized carbons (Fsp3) is 0.474. The average molecular weight is 346 g/mol. The van der Waals surface area contributed by atoms with E-state index in [1.165, 1.54) is 12.8 Å². The summed E-state index contributed by atoms with van der Waals surface area (Å²) in [5, 5.41) is 4.22. The summed E-state index contributed by atoms with van der Waals surface area (Å²) in [6, 6.07) is 6.30. The van der Waals surface area contributed by atoms with Gasteiger partial charge in [0.25, 0.3) is 5.91 Å². The van der Waals surface area contributed by atoms with Crippen LogP contribution in [0.15, 0.2) is 18.2 Å². The SMILES string of the molecule is Cc1cc(C)c2nc(Cl)c(C(=O)NCC(C)N3CCCC3)cc2c1. The topological polar surface area (TPSA) is 45.2 Å². The second-order valence-electron chi connectivity index (χ2n) is 6.78. The van der Waals surface area contributed by atoms with Crippen LogP contribution in [0.5, 0.6) is 0 Å². The highest BCUT2D eigenvalue weighted by Crippen LogP contribution is 2.24. The Morgan fingerprint density at radius 3 is 2.71 bits per heavy atom. The number of carbonyl (C=O) groups excluding carboxylic acids is 1. The van der Waals surface area contributed by atoms with Crippen LogP contribution in [0.3, 0.4) is 0 Å². The molecule has 1 aliphatic rings. The van der Waals surface area contributed by atoms with Crippen LogP contribution in [-0.2, 0) is 0 Å². The third-order valence-electron chi connectivity index (χ3n) is 4.77. The maximum absolute atomic E-state index is 12.5. The van der Waals surface area contributed by atoms with E-state index in [4.69, 9.17) is 11.6 Å². The Morgan fingerprint density at radius 2 is 2.00 bits per heavy atom. The number of fused-ring (bicyclic) bond motifs is 1. The molecular formula is C19H24ClN3O. The number of aromatic nitrogens is 1. The lowest BCUT2D eigenvalue weighted by Gasteiger charge is -2.23. The zero-order chi connectivity index (χ0) is 17.3. The molecule has 0 saturated carbocycles. The van der Waals surface area contributed by atoms with Gasteiger partial charge in [-0.1, -0.05) is 23.2 Å². The molecule has 0 radical (unpaired) electrons. The number of halogens is 1. The van der Waals surface area contributed by atoms with Crippen LogP contribution < -0.4 is 5.32 Å². The Balaban J connectivity index is 1.77. The molecule has 1 aliphatic heterocycles. The summed E-state index contributed by atoms with van der Waals surface area (Å²) in [4.78, 5) is 19.4. The molecule has 1 N–H and O–H groups in total. The molecule has 128 valence electrons. The highest BCUT2D eigenvalue weighted by Gasteiger charge is 2.20. The number of carbonyl (C=O) groups is 1. The lowest BCUT2D eigenvalue weighted by Crippen LogP contribution is -2.40. The molecule has 4 nitrogen and oxygen atoms in total. The van der Waals surface area contributed by atoms with Gasteiger partial charge in [0, 0.05) is 18.0 Å². The Bertz CT molecular complexity index is 769. The van der Waals surface area contributed by atoms with Gasteiger partial charge in [0.2, 0.25) is 0 Å². The third kappa shape index (κ3) is 3.55. The number of benzene rings is 1. The van der Waals surface area contributed by atoms with E-state index in [1.54, 1.807) is 0 Å². The lowest BCUT2D eigenvalue weighted by atomic mass is 10.1.